The van der Waals surface area contributed by atoms with Gasteiger partial charge in [-0.25, -0.2) is 0 Å². The summed E-state index contributed by atoms with van der Waals surface area (Å²) in [5.74, 6) is 2.89. The van der Waals surface area contributed by atoms with E-state index < -0.39 is 0 Å². The third-order valence-corrected chi connectivity index (χ3v) is 4.99. The van der Waals surface area contributed by atoms with Gasteiger partial charge in [0.25, 0.3) is 0 Å². The summed E-state index contributed by atoms with van der Waals surface area (Å²) in [4.78, 5) is 11.3. The smallest absolute Gasteiger partial charge is 0.243 e. The molecule has 1 amide bonds. The van der Waals surface area contributed by atoms with Crippen LogP contribution in [0.15, 0.2) is 12.7 Å². The van der Waals surface area contributed by atoms with E-state index in [4.69, 9.17) is 0 Å². The van der Waals surface area contributed by atoms with Crippen molar-refractivity contribution in [3.63, 3.8) is 0 Å². The van der Waals surface area contributed by atoms with Crippen LogP contribution in [0.3, 0.4) is 0 Å². The second kappa shape index (κ2) is 3.61. The van der Waals surface area contributed by atoms with E-state index in [-0.39, 0.29) is 5.91 Å². The van der Waals surface area contributed by atoms with Crippen LogP contribution >= 0.6 is 0 Å². The van der Waals surface area contributed by atoms with Gasteiger partial charge in [0.1, 0.15) is 0 Å². The van der Waals surface area contributed by atoms with E-state index in [1.807, 2.05) is 0 Å². The predicted octanol–water partition coefficient (Wildman–Crippen LogP) is 2.51. The van der Waals surface area contributed by atoms with Crippen LogP contribution in [-0.4, -0.2) is 12.5 Å². The third-order valence-electron chi connectivity index (χ3n) is 4.99. The van der Waals surface area contributed by atoms with Crippen molar-refractivity contribution < 1.29 is 4.79 Å². The Labute approximate surface area is 97.5 Å². The summed E-state index contributed by atoms with van der Waals surface area (Å²) in [6.07, 6.45) is 9.86. The maximum atomic E-state index is 11.3. The molecule has 4 saturated carbocycles. The number of hydrogen-bond acceptors (Lipinski definition) is 1. The quantitative estimate of drug-likeness (QED) is 0.726. The SMILES string of the molecule is C=CC(=O)NCC12CC3CC(CC(C3)C1)C2. The summed E-state index contributed by atoms with van der Waals surface area (Å²) in [7, 11) is 0. The summed E-state index contributed by atoms with van der Waals surface area (Å²) in [6.45, 7) is 4.40. The molecule has 88 valence electrons. The van der Waals surface area contributed by atoms with Crippen LogP contribution in [0.25, 0.3) is 0 Å². The number of carbonyl (C=O) groups is 1. The van der Waals surface area contributed by atoms with Crippen molar-refractivity contribution in [1.29, 1.82) is 0 Å². The molecule has 0 aromatic carbocycles. The van der Waals surface area contributed by atoms with E-state index in [9.17, 15) is 4.79 Å². The Hall–Kier alpha value is -0.790. The predicted molar refractivity (Wildman–Crippen MR) is 63.8 cm³/mol. The molecule has 4 aliphatic carbocycles. The molecule has 0 aromatic rings. The van der Waals surface area contributed by atoms with Crippen LogP contribution in [0.4, 0.5) is 0 Å². The second-order valence-electron chi connectivity index (χ2n) is 6.34. The highest BCUT2D eigenvalue weighted by Gasteiger charge is 2.50. The molecule has 4 bridgehead atoms. The standard InChI is InChI=1S/C14H21NO/c1-2-13(16)15-9-14-6-10-3-11(7-14)5-12(4-10)8-14/h2,10-12H,1,3-9H2,(H,15,16). The first-order valence-electron chi connectivity index (χ1n) is 6.59. The van der Waals surface area contributed by atoms with Crippen LogP contribution in [0.1, 0.15) is 38.5 Å². The molecule has 2 nitrogen and oxygen atoms in total. The largest absolute Gasteiger partial charge is 0.352 e. The van der Waals surface area contributed by atoms with Crippen molar-refractivity contribution in [2.45, 2.75) is 38.5 Å². The maximum absolute atomic E-state index is 11.3. The van der Waals surface area contributed by atoms with Crippen LogP contribution in [0, 0.1) is 23.2 Å². The van der Waals surface area contributed by atoms with Crippen LogP contribution < -0.4 is 5.32 Å². The third kappa shape index (κ3) is 1.68. The molecule has 0 aliphatic heterocycles. The second-order valence-corrected chi connectivity index (χ2v) is 6.34. The van der Waals surface area contributed by atoms with Crippen molar-refractivity contribution in [3.05, 3.63) is 12.7 Å². The molecule has 2 heteroatoms. The molecule has 1 N–H and O–H groups in total. The summed E-state index contributed by atoms with van der Waals surface area (Å²) < 4.78 is 0. The zero-order valence-electron chi connectivity index (χ0n) is 9.87. The molecule has 4 rings (SSSR count). The van der Waals surface area contributed by atoms with Gasteiger partial charge < -0.3 is 5.32 Å². The van der Waals surface area contributed by atoms with Crippen molar-refractivity contribution in [2.75, 3.05) is 6.54 Å². The molecule has 0 saturated heterocycles. The monoisotopic (exact) mass is 219 g/mol. The van der Waals surface area contributed by atoms with Gasteiger partial charge in [-0.2, -0.15) is 0 Å². The highest BCUT2D eigenvalue weighted by Crippen LogP contribution is 2.59. The number of hydrogen-bond donors (Lipinski definition) is 1. The molecule has 0 unspecified atom stereocenters. The minimum absolute atomic E-state index is 0.00394. The van der Waals surface area contributed by atoms with Gasteiger partial charge in [-0.1, -0.05) is 6.58 Å². The van der Waals surface area contributed by atoms with Gasteiger partial charge in [0.15, 0.2) is 0 Å². The molecule has 0 heterocycles. The minimum Gasteiger partial charge on any atom is -0.352 e. The lowest BCUT2D eigenvalue weighted by Gasteiger charge is -2.56. The van der Waals surface area contributed by atoms with E-state index in [0.29, 0.717) is 5.41 Å². The molecule has 0 radical (unpaired) electrons. The van der Waals surface area contributed by atoms with Gasteiger partial charge in [0, 0.05) is 6.54 Å². The van der Waals surface area contributed by atoms with Gasteiger partial charge in [0.05, 0.1) is 0 Å². The fourth-order valence-electron chi connectivity index (χ4n) is 4.85. The first kappa shape index (κ1) is 10.4. The zero-order valence-corrected chi connectivity index (χ0v) is 9.87. The van der Waals surface area contributed by atoms with E-state index >= 15 is 0 Å². The molecule has 0 spiro atoms. The summed E-state index contributed by atoms with van der Waals surface area (Å²) in [6, 6.07) is 0. The van der Waals surface area contributed by atoms with Crippen molar-refractivity contribution >= 4 is 5.91 Å². The summed E-state index contributed by atoms with van der Waals surface area (Å²) >= 11 is 0. The average Bonchev–Trinajstić information content (AvgIpc) is 2.24. The van der Waals surface area contributed by atoms with Gasteiger partial charge in [-0.15, -0.1) is 0 Å². The Morgan fingerprint density at radius 2 is 1.69 bits per heavy atom. The van der Waals surface area contributed by atoms with Crippen molar-refractivity contribution in [2.24, 2.45) is 23.2 Å². The first-order valence-corrected chi connectivity index (χ1v) is 6.59. The fraction of sp³-hybridized carbons (Fsp3) is 0.786. The summed E-state index contributed by atoms with van der Waals surface area (Å²) in [5.41, 5.74) is 0.452. The lowest BCUT2D eigenvalue weighted by Crippen LogP contribution is -2.51. The Bertz CT molecular complexity index is 285. The zero-order chi connectivity index (χ0) is 11.2. The normalized spacial score (nSPS) is 44.4. The topological polar surface area (TPSA) is 29.1 Å². The van der Waals surface area contributed by atoms with Crippen LogP contribution in [-0.2, 0) is 4.79 Å². The number of nitrogens with one attached hydrogen (secondary N) is 1. The Morgan fingerprint density at radius 1 is 1.19 bits per heavy atom. The van der Waals surface area contributed by atoms with E-state index in [0.717, 1.165) is 24.3 Å². The lowest BCUT2D eigenvalue weighted by molar-refractivity contribution is -0.118. The van der Waals surface area contributed by atoms with Crippen LogP contribution in [0.5, 0.6) is 0 Å². The molecular formula is C14H21NO. The highest BCUT2D eigenvalue weighted by atomic mass is 16.1. The molecule has 0 atom stereocenters. The first-order chi connectivity index (χ1) is 7.69. The molecule has 0 aromatic heterocycles. The Morgan fingerprint density at radius 3 is 2.12 bits per heavy atom. The fourth-order valence-corrected chi connectivity index (χ4v) is 4.85. The minimum atomic E-state index is -0.00394. The summed E-state index contributed by atoms with van der Waals surface area (Å²) in [5, 5.41) is 3.03. The van der Waals surface area contributed by atoms with Gasteiger partial charge >= 0.3 is 0 Å². The van der Waals surface area contributed by atoms with Crippen molar-refractivity contribution in [3.8, 4) is 0 Å². The molecule has 4 aliphatic rings. The van der Waals surface area contributed by atoms with Gasteiger partial charge in [-0.3, -0.25) is 4.79 Å². The maximum Gasteiger partial charge on any atom is 0.243 e. The highest BCUT2D eigenvalue weighted by molar-refractivity contribution is 5.86. The van der Waals surface area contributed by atoms with Crippen molar-refractivity contribution in [1.82, 2.24) is 5.32 Å². The van der Waals surface area contributed by atoms with E-state index in [1.54, 1.807) is 0 Å². The Balaban J connectivity index is 1.69. The number of carbonyl (C=O) groups excluding carboxylic acids is 1. The van der Waals surface area contributed by atoms with Gasteiger partial charge in [0.2, 0.25) is 5.91 Å². The molecule has 4 fully saturated rings. The molecular weight excluding hydrogens is 198 g/mol. The van der Waals surface area contributed by atoms with Crippen LogP contribution in [0.2, 0.25) is 0 Å². The average molecular weight is 219 g/mol. The Kier molecular flexibility index (Phi) is 2.34. The van der Waals surface area contributed by atoms with Gasteiger partial charge in [-0.05, 0) is 67.8 Å². The molecule has 16 heavy (non-hydrogen) atoms. The van der Waals surface area contributed by atoms with E-state index in [2.05, 4.69) is 11.9 Å². The lowest BCUT2D eigenvalue weighted by atomic mass is 9.49. The number of amides is 1. The number of rotatable bonds is 3. The van der Waals surface area contributed by atoms with E-state index in [1.165, 1.54) is 44.6 Å².